The van der Waals surface area contributed by atoms with E-state index in [1.165, 1.54) is 0 Å². The molecule has 68 valence electrons. The van der Waals surface area contributed by atoms with E-state index >= 15 is 0 Å². The van der Waals surface area contributed by atoms with E-state index in [0.717, 1.165) is 0 Å². The SMILES string of the molecule is N[C@@]1(O)CCC1(C(=O)O)C(=O)O. The predicted octanol–water partition coefficient (Wildman–Crippen LogP) is -1.42. The van der Waals surface area contributed by atoms with Gasteiger partial charge in [0.15, 0.2) is 0 Å². The molecule has 0 aliphatic heterocycles. The Kier molecular flexibility index (Phi) is 1.62. The van der Waals surface area contributed by atoms with Crippen LogP contribution in [0.2, 0.25) is 0 Å². The first kappa shape index (κ1) is 8.95. The Morgan fingerprint density at radius 1 is 1.17 bits per heavy atom. The monoisotopic (exact) mass is 175 g/mol. The second kappa shape index (κ2) is 2.18. The Morgan fingerprint density at radius 3 is 1.58 bits per heavy atom. The topological polar surface area (TPSA) is 121 Å². The first-order valence-electron chi connectivity index (χ1n) is 3.32. The molecule has 1 aliphatic rings. The molecule has 6 nitrogen and oxygen atoms in total. The highest BCUT2D eigenvalue weighted by molar-refractivity contribution is 6.01. The van der Waals surface area contributed by atoms with E-state index in [2.05, 4.69) is 0 Å². The Bertz CT molecular complexity index is 232. The van der Waals surface area contributed by atoms with Crippen molar-refractivity contribution < 1.29 is 24.9 Å². The second-order valence-corrected chi connectivity index (χ2v) is 2.94. The van der Waals surface area contributed by atoms with Crippen LogP contribution in [0.5, 0.6) is 0 Å². The van der Waals surface area contributed by atoms with Crippen LogP contribution < -0.4 is 5.73 Å². The highest BCUT2D eigenvalue weighted by Gasteiger charge is 2.67. The normalized spacial score (nSPS) is 32.2. The van der Waals surface area contributed by atoms with E-state index in [0.29, 0.717) is 0 Å². The molecule has 5 N–H and O–H groups in total. The van der Waals surface area contributed by atoms with Crippen LogP contribution >= 0.6 is 0 Å². The summed E-state index contributed by atoms with van der Waals surface area (Å²) in [5, 5.41) is 26.3. The molecule has 12 heavy (non-hydrogen) atoms. The molecule has 0 spiro atoms. The van der Waals surface area contributed by atoms with E-state index in [4.69, 9.17) is 15.9 Å². The fraction of sp³-hybridized carbons (Fsp3) is 0.667. The van der Waals surface area contributed by atoms with Gasteiger partial charge in [-0.05, 0) is 12.8 Å². The smallest absolute Gasteiger partial charge is 0.325 e. The van der Waals surface area contributed by atoms with Gasteiger partial charge in [0.25, 0.3) is 0 Å². The molecule has 0 aromatic heterocycles. The van der Waals surface area contributed by atoms with Crippen LogP contribution in [0.25, 0.3) is 0 Å². The molecular weight excluding hydrogens is 166 g/mol. The molecule has 0 radical (unpaired) electrons. The first-order valence-corrected chi connectivity index (χ1v) is 3.32. The zero-order chi connectivity index (χ0) is 9.57. The largest absolute Gasteiger partial charge is 0.480 e. The van der Waals surface area contributed by atoms with Crippen molar-refractivity contribution in [3.05, 3.63) is 0 Å². The Labute approximate surface area is 67.6 Å². The lowest BCUT2D eigenvalue weighted by Crippen LogP contribution is -2.70. The molecule has 0 aromatic rings. The van der Waals surface area contributed by atoms with Gasteiger partial charge in [0.2, 0.25) is 5.41 Å². The summed E-state index contributed by atoms with van der Waals surface area (Å²) in [6.45, 7) is 0. The lowest BCUT2D eigenvalue weighted by molar-refractivity contribution is -0.210. The molecule has 0 unspecified atom stereocenters. The van der Waals surface area contributed by atoms with Crippen molar-refractivity contribution in [2.75, 3.05) is 0 Å². The predicted molar refractivity (Wildman–Crippen MR) is 36.1 cm³/mol. The van der Waals surface area contributed by atoms with E-state index in [1.807, 2.05) is 0 Å². The number of nitrogens with two attached hydrogens (primary N) is 1. The summed E-state index contributed by atoms with van der Waals surface area (Å²) in [5.74, 6) is -3.18. The third-order valence-electron chi connectivity index (χ3n) is 2.35. The summed E-state index contributed by atoms with van der Waals surface area (Å²) < 4.78 is 0. The lowest BCUT2D eigenvalue weighted by Gasteiger charge is -2.47. The van der Waals surface area contributed by atoms with Gasteiger partial charge in [0, 0.05) is 0 Å². The highest BCUT2D eigenvalue weighted by Crippen LogP contribution is 2.47. The summed E-state index contributed by atoms with van der Waals surface area (Å²) in [6, 6.07) is 0. The van der Waals surface area contributed by atoms with E-state index in [1.54, 1.807) is 0 Å². The Hall–Kier alpha value is -1.14. The van der Waals surface area contributed by atoms with Crippen LogP contribution in [-0.4, -0.2) is 33.0 Å². The first-order chi connectivity index (χ1) is 5.34. The molecule has 1 atom stereocenters. The average molecular weight is 175 g/mol. The van der Waals surface area contributed by atoms with Crippen LogP contribution in [0.3, 0.4) is 0 Å². The maximum absolute atomic E-state index is 10.5. The van der Waals surface area contributed by atoms with Gasteiger partial charge in [0.1, 0.15) is 5.72 Å². The fourth-order valence-electron chi connectivity index (χ4n) is 1.31. The maximum Gasteiger partial charge on any atom is 0.325 e. The van der Waals surface area contributed by atoms with Gasteiger partial charge in [-0.25, -0.2) is 0 Å². The van der Waals surface area contributed by atoms with Gasteiger partial charge in [-0.3, -0.25) is 9.59 Å². The number of aliphatic carboxylic acids is 2. The number of carbonyl (C=O) groups is 2. The molecule has 0 aromatic carbocycles. The lowest BCUT2D eigenvalue weighted by atomic mass is 9.61. The molecule has 0 saturated heterocycles. The molecule has 1 aliphatic carbocycles. The molecular formula is C6H9NO5. The van der Waals surface area contributed by atoms with Crippen molar-refractivity contribution in [3.8, 4) is 0 Å². The van der Waals surface area contributed by atoms with Gasteiger partial charge in [-0.2, -0.15) is 0 Å². The van der Waals surface area contributed by atoms with E-state index in [-0.39, 0.29) is 12.8 Å². The summed E-state index contributed by atoms with van der Waals surface area (Å²) >= 11 is 0. The van der Waals surface area contributed by atoms with Crippen LogP contribution in [0.15, 0.2) is 0 Å². The number of carboxylic acid groups (broad SMARTS) is 2. The number of hydrogen-bond acceptors (Lipinski definition) is 4. The summed E-state index contributed by atoms with van der Waals surface area (Å²) in [5.41, 5.74) is 0.761. The zero-order valence-electron chi connectivity index (χ0n) is 6.15. The van der Waals surface area contributed by atoms with Crippen LogP contribution in [0.4, 0.5) is 0 Å². The molecule has 0 bridgehead atoms. The highest BCUT2D eigenvalue weighted by atomic mass is 16.4. The molecule has 1 rings (SSSR count). The summed E-state index contributed by atoms with van der Waals surface area (Å²) in [6.07, 6.45) is -0.143. The summed E-state index contributed by atoms with van der Waals surface area (Å²) in [7, 11) is 0. The van der Waals surface area contributed by atoms with Crippen molar-refractivity contribution in [2.24, 2.45) is 11.1 Å². The average Bonchev–Trinajstić information content (AvgIpc) is 1.84. The molecule has 6 heteroatoms. The van der Waals surface area contributed by atoms with Gasteiger partial charge in [-0.1, -0.05) is 0 Å². The quantitative estimate of drug-likeness (QED) is 0.302. The van der Waals surface area contributed by atoms with Gasteiger partial charge >= 0.3 is 11.9 Å². The minimum atomic E-state index is -2.22. The van der Waals surface area contributed by atoms with Gasteiger partial charge in [-0.15, -0.1) is 0 Å². The van der Waals surface area contributed by atoms with Gasteiger partial charge in [0.05, 0.1) is 0 Å². The van der Waals surface area contributed by atoms with Crippen molar-refractivity contribution in [1.82, 2.24) is 0 Å². The fourth-order valence-corrected chi connectivity index (χ4v) is 1.31. The zero-order valence-corrected chi connectivity index (χ0v) is 6.15. The number of aliphatic hydroxyl groups is 1. The molecule has 0 heterocycles. The summed E-state index contributed by atoms with van der Waals surface area (Å²) in [4.78, 5) is 21.1. The van der Waals surface area contributed by atoms with Crippen molar-refractivity contribution >= 4 is 11.9 Å². The Morgan fingerprint density at radius 2 is 1.58 bits per heavy atom. The molecule has 0 amide bonds. The van der Waals surface area contributed by atoms with Crippen molar-refractivity contribution in [3.63, 3.8) is 0 Å². The van der Waals surface area contributed by atoms with E-state index in [9.17, 15) is 14.7 Å². The third kappa shape index (κ3) is 0.759. The van der Waals surface area contributed by atoms with Crippen molar-refractivity contribution in [1.29, 1.82) is 0 Å². The number of rotatable bonds is 2. The molecule has 1 fully saturated rings. The standard InChI is InChI=1S/C6H9NO5/c7-6(12)2-1-5(6,3(8)9)4(10)11/h12H,1-2,7H2,(H,8,9)(H,10,11)/t6-/m1/s1. The third-order valence-corrected chi connectivity index (χ3v) is 2.35. The van der Waals surface area contributed by atoms with Gasteiger partial charge < -0.3 is 21.1 Å². The minimum absolute atomic E-state index is 0.00833. The number of hydrogen-bond donors (Lipinski definition) is 4. The van der Waals surface area contributed by atoms with Crippen LogP contribution in [0.1, 0.15) is 12.8 Å². The maximum atomic E-state index is 10.5. The Balaban J connectivity index is 3.06. The minimum Gasteiger partial charge on any atom is -0.480 e. The number of carboxylic acids is 2. The van der Waals surface area contributed by atoms with Crippen molar-refractivity contribution in [2.45, 2.75) is 18.6 Å². The van der Waals surface area contributed by atoms with E-state index < -0.39 is 23.1 Å². The molecule has 1 saturated carbocycles. The van der Waals surface area contributed by atoms with Crippen LogP contribution in [-0.2, 0) is 9.59 Å². The second-order valence-electron chi connectivity index (χ2n) is 2.94. The van der Waals surface area contributed by atoms with Crippen LogP contribution in [0, 0.1) is 5.41 Å².